The second-order valence-electron chi connectivity index (χ2n) is 8.75. The maximum atomic E-state index is 12.7. The fraction of sp³-hybridized carbons (Fsp3) is 0.240. The number of hydrogen-bond donors (Lipinski definition) is 6. The quantitative estimate of drug-likeness (QED) is 0.205. The second-order valence-corrected chi connectivity index (χ2v) is 11.9. The van der Waals surface area contributed by atoms with E-state index in [0.717, 1.165) is 0 Å². The van der Waals surface area contributed by atoms with Gasteiger partial charge in [-0.3, -0.25) is 4.52 Å². The highest BCUT2D eigenvalue weighted by Gasteiger charge is 2.44. The summed E-state index contributed by atoms with van der Waals surface area (Å²) in [5.41, 5.74) is 1.63. The van der Waals surface area contributed by atoms with Gasteiger partial charge in [-0.2, -0.15) is 0 Å². The Bertz CT molecular complexity index is 1430. The minimum absolute atomic E-state index is 0.101. The molecule has 3 aromatic rings. The molecule has 1 fully saturated rings. The third-order valence-electron chi connectivity index (χ3n) is 6.01. The highest BCUT2D eigenvalue weighted by Crippen LogP contribution is 2.39. The van der Waals surface area contributed by atoms with Crippen LogP contribution in [0.25, 0.3) is 0 Å². The molecule has 0 bridgehead atoms. The van der Waals surface area contributed by atoms with E-state index in [9.17, 15) is 28.0 Å². The highest BCUT2D eigenvalue weighted by atomic mass is 32.2. The first-order chi connectivity index (χ1) is 18.4. The van der Waals surface area contributed by atoms with Crippen molar-refractivity contribution in [3.05, 3.63) is 90.0 Å². The van der Waals surface area contributed by atoms with E-state index in [1.807, 2.05) is 0 Å². The number of carbonyl (C=O) groups excluding carboxylic acids is 1. The molecule has 0 radical (unpaired) electrons. The summed E-state index contributed by atoms with van der Waals surface area (Å²) in [5.74, 6) is 0. The Hall–Kier alpha value is -3.13. The lowest BCUT2D eigenvalue weighted by atomic mass is 10.0. The van der Waals surface area contributed by atoms with E-state index in [1.54, 1.807) is 42.5 Å². The molecule has 12 nitrogen and oxygen atoms in total. The number of nitrogens with one attached hydrogen (secondary N) is 2. The molecule has 0 aromatic heterocycles. The third-order valence-corrected chi connectivity index (χ3v) is 8.28. The van der Waals surface area contributed by atoms with Gasteiger partial charge in [0, 0.05) is 12.2 Å². The average Bonchev–Trinajstić information content (AvgIpc) is 3.20. The number of aliphatic hydroxyl groups is 2. The number of benzene rings is 3. The van der Waals surface area contributed by atoms with Crippen LogP contribution in [0.3, 0.4) is 0 Å². The molecule has 6 N–H and O–H groups in total. The fourth-order valence-electron chi connectivity index (χ4n) is 3.97. The maximum absolute atomic E-state index is 12.7. The van der Waals surface area contributed by atoms with Crippen LogP contribution in [0.15, 0.2) is 88.7 Å². The van der Waals surface area contributed by atoms with Crippen LogP contribution in [-0.2, 0) is 30.2 Å². The maximum Gasteiger partial charge on any atom is 0.469 e. The predicted octanol–water partition coefficient (Wildman–Crippen LogP) is 2.11. The Kier molecular flexibility index (Phi) is 8.84. The van der Waals surface area contributed by atoms with Crippen molar-refractivity contribution in [1.29, 1.82) is 0 Å². The van der Waals surface area contributed by atoms with Gasteiger partial charge in [0.25, 0.3) is 0 Å². The van der Waals surface area contributed by atoms with Crippen LogP contribution >= 0.6 is 7.82 Å². The molecule has 1 heterocycles. The van der Waals surface area contributed by atoms with Crippen molar-refractivity contribution in [2.24, 2.45) is 0 Å². The van der Waals surface area contributed by atoms with Crippen LogP contribution in [-0.4, -0.2) is 59.4 Å². The van der Waals surface area contributed by atoms with Crippen molar-refractivity contribution in [3.8, 4) is 0 Å². The van der Waals surface area contributed by atoms with Crippen molar-refractivity contribution in [2.45, 2.75) is 40.8 Å². The van der Waals surface area contributed by atoms with Crippen LogP contribution in [0.1, 0.15) is 17.2 Å². The van der Waals surface area contributed by atoms with Crippen molar-refractivity contribution in [3.63, 3.8) is 0 Å². The molecule has 39 heavy (non-hydrogen) atoms. The summed E-state index contributed by atoms with van der Waals surface area (Å²) in [7, 11) is -8.42. The van der Waals surface area contributed by atoms with E-state index in [1.165, 1.54) is 36.4 Å². The van der Waals surface area contributed by atoms with Gasteiger partial charge < -0.3 is 35.4 Å². The van der Waals surface area contributed by atoms with E-state index < -0.39 is 54.7 Å². The second kappa shape index (κ2) is 11.9. The zero-order valence-corrected chi connectivity index (χ0v) is 22.0. The monoisotopic (exact) mass is 578 g/mol. The lowest BCUT2D eigenvalue weighted by molar-refractivity contribution is -0.0223. The van der Waals surface area contributed by atoms with Gasteiger partial charge in [0.15, 0.2) is 0 Å². The van der Waals surface area contributed by atoms with Gasteiger partial charge in [0.2, 0.25) is 9.84 Å². The summed E-state index contributed by atoms with van der Waals surface area (Å²) in [6.45, 7) is -0.441. The van der Waals surface area contributed by atoms with E-state index >= 15 is 0 Å². The molecule has 4 atom stereocenters. The van der Waals surface area contributed by atoms with Crippen molar-refractivity contribution in [2.75, 3.05) is 11.9 Å². The topological polar surface area (TPSA) is 192 Å². The smallest absolute Gasteiger partial charge is 0.387 e. The largest absolute Gasteiger partial charge is 0.469 e. The lowest BCUT2D eigenvalue weighted by Crippen LogP contribution is -2.33. The fourth-order valence-corrected chi connectivity index (χ4v) is 5.59. The summed E-state index contributed by atoms with van der Waals surface area (Å²) >= 11 is 0. The minimum atomic E-state index is -4.76. The van der Waals surface area contributed by atoms with Gasteiger partial charge in [-0.1, -0.05) is 42.5 Å². The van der Waals surface area contributed by atoms with Gasteiger partial charge in [-0.25, -0.2) is 17.8 Å². The van der Waals surface area contributed by atoms with E-state index in [0.29, 0.717) is 16.8 Å². The third kappa shape index (κ3) is 7.29. The van der Waals surface area contributed by atoms with Gasteiger partial charge in [-0.05, 0) is 47.5 Å². The summed E-state index contributed by atoms with van der Waals surface area (Å²) < 4.78 is 46.2. The number of sulfone groups is 1. The number of phosphoric ester groups is 1. The Balaban J connectivity index is 1.29. The Morgan fingerprint density at radius 2 is 1.51 bits per heavy atom. The van der Waals surface area contributed by atoms with E-state index in [4.69, 9.17) is 14.5 Å². The molecule has 1 aliphatic heterocycles. The van der Waals surface area contributed by atoms with Crippen LogP contribution in [0.2, 0.25) is 0 Å². The summed E-state index contributed by atoms with van der Waals surface area (Å²) in [4.78, 5) is 30.3. The normalized spacial score (nSPS) is 21.4. The summed E-state index contributed by atoms with van der Waals surface area (Å²) in [6, 6.07) is 19.9. The molecular weight excluding hydrogens is 551 g/mol. The van der Waals surface area contributed by atoms with Crippen LogP contribution < -0.4 is 10.6 Å². The number of hydrogen-bond acceptors (Lipinski definition) is 8. The molecule has 0 spiro atoms. The number of amides is 2. The molecular formula is C25H27N2O10PS. The molecule has 0 aliphatic carbocycles. The first-order valence-electron chi connectivity index (χ1n) is 11.7. The number of urea groups is 1. The van der Waals surface area contributed by atoms with E-state index in [2.05, 4.69) is 15.2 Å². The lowest BCUT2D eigenvalue weighted by Gasteiger charge is -2.16. The van der Waals surface area contributed by atoms with Crippen molar-refractivity contribution in [1.82, 2.24) is 5.32 Å². The molecule has 208 valence electrons. The van der Waals surface area contributed by atoms with Crippen LogP contribution in [0, 0.1) is 0 Å². The summed E-state index contributed by atoms with van der Waals surface area (Å²) in [6.07, 6.45) is -4.81. The predicted molar refractivity (Wildman–Crippen MR) is 138 cm³/mol. The van der Waals surface area contributed by atoms with Crippen molar-refractivity contribution >= 4 is 29.4 Å². The molecule has 4 rings (SSSR count). The number of phosphoric acid groups is 1. The molecule has 0 unspecified atom stereocenters. The Morgan fingerprint density at radius 1 is 0.897 bits per heavy atom. The molecule has 3 aromatic carbocycles. The van der Waals surface area contributed by atoms with Crippen LogP contribution in [0.5, 0.6) is 0 Å². The van der Waals surface area contributed by atoms with Gasteiger partial charge >= 0.3 is 13.9 Å². The number of aliphatic hydroxyl groups excluding tert-OH is 2. The minimum Gasteiger partial charge on any atom is -0.387 e. The Labute approximate surface area is 224 Å². The van der Waals surface area contributed by atoms with Crippen molar-refractivity contribution < 1.29 is 47.0 Å². The molecule has 2 amide bonds. The molecule has 1 aliphatic rings. The molecule has 1 saturated heterocycles. The highest BCUT2D eigenvalue weighted by molar-refractivity contribution is 7.91. The number of carbonyl (C=O) groups is 1. The van der Waals surface area contributed by atoms with Gasteiger partial charge in [0.05, 0.1) is 16.4 Å². The molecule has 0 saturated carbocycles. The van der Waals surface area contributed by atoms with Gasteiger partial charge in [-0.15, -0.1) is 0 Å². The van der Waals surface area contributed by atoms with E-state index in [-0.39, 0.29) is 16.3 Å². The number of anilines is 1. The zero-order valence-electron chi connectivity index (χ0n) is 20.3. The standard InChI is InChI=1S/C25H27N2O10PS/c28-22-21(15-36-38(31,32)33)37-24(23(22)29)17-8-6-16(7-9-17)14-26-25(30)27-18-10-12-20(13-11-18)39(34,35)19-4-2-1-3-5-19/h1-13,21-24,28-29H,14-15H2,(H2,26,27,30)(H2,31,32,33)/t21-,22-,23-,24+/m1/s1. The first-order valence-corrected chi connectivity index (χ1v) is 14.7. The van der Waals surface area contributed by atoms with Crippen LogP contribution in [0.4, 0.5) is 10.5 Å². The van der Waals surface area contributed by atoms with Gasteiger partial charge in [0.1, 0.15) is 24.4 Å². The average molecular weight is 579 g/mol. The first kappa shape index (κ1) is 28.9. The zero-order chi connectivity index (χ0) is 28.2. The summed E-state index contributed by atoms with van der Waals surface area (Å²) in [5, 5.41) is 25.7. The Morgan fingerprint density at radius 3 is 2.13 bits per heavy atom. The SMILES string of the molecule is O=C(NCc1ccc([C@@H]2O[C@H](COP(=O)(O)O)[C@@H](O)[C@H]2O)cc1)Nc1ccc(S(=O)(=O)c2ccccc2)cc1. The molecule has 14 heteroatoms. The number of rotatable bonds is 9. The number of ether oxygens (including phenoxy) is 1.